The van der Waals surface area contributed by atoms with Crippen LogP contribution in [-0.4, -0.2) is 18.5 Å². The summed E-state index contributed by atoms with van der Waals surface area (Å²) in [5.41, 5.74) is 6.97. The summed E-state index contributed by atoms with van der Waals surface area (Å²) in [4.78, 5) is 12.4. The second-order valence-corrected chi connectivity index (χ2v) is 6.15. The number of carbonyl (C=O) groups excluding carboxylic acids is 1. The highest BCUT2D eigenvalue weighted by molar-refractivity contribution is 5.79. The first-order valence-corrected chi connectivity index (χ1v) is 7.66. The van der Waals surface area contributed by atoms with Gasteiger partial charge in [-0.2, -0.15) is 0 Å². The Balaban J connectivity index is 1.92. The van der Waals surface area contributed by atoms with Gasteiger partial charge in [-0.15, -0.1) is 0 Å². The maximum Gasteiger partial charge on any atom is 0.224 e. The molecule has 20 heavy (non-hydrogen) atoms. The lowest BCUT2D eigenvalue weighted by atomic mass is 9.95. The van der Waals surface area contributed by atoms with Crippen molar-refractivity contribution in [2.24, 2.45) is 23.5 Å². The Morgan fingerprint density at radius 2 is 2.00 bits per heavy atom. The van der Waals surface area contributed by atoms with Crippen LogP contribution in [0.3, 0.4) is 0 Å². The number of carbonyl (C=O) groups is 1. The van der Waals surface area contributed by atoms with Crippen LogP contribution in [0.1, 0.15) is 32.3 Å². The Morgan fingerprint density at radius 1 is 1.30 bits per heavy atom. The van der Waals surface area contributed by atoms with Crippen molar-refractivity contribution in [3.05, 3.63) is 35.9 Å². The van der Waals surface area contributed by atoms with Crippen LogP contribution in [0.5, 0.6) is 0 Å². The number of nitrogens with two attached hydrogens (primary N) is 1. The molecule has 0 saturated heterocycles. The van der Waals surface area contributed by atoms with Crippen molar-refractivity contribution in [1.29, 1.82) is 0 Å². The van der Waals surface area contributed by atoms with Crippen LogP contribution in [0.15, 0.2) is 30.3 Å². The van der Waals surface area contributed by atoms with E-state index in [-0.39, 0.29) is 11.8 Å². The van der Waals surface area contributed by atoms with Gasteiger partial charge in [0.2, 0.25) is 5.91 Å². The fourth-order valence-corrected chi connectivity index (χ4v) is 3.05. The van der Waals surface area contributed by atoms with E-state index in [4.69, 9.17) is 5.73 Å². The van der Waals surface area contributed by atoms with Crippen molar-refractivity contribution >= 4 is 5.91 Å². The van der Waals surface area contributed by atoms with Crippen molar-refractivity contribution in [3.63, 3.8) is 0 Å². The quantitative estimate of drug-likeness (QED) is 0.866. The molecule has 3 heteroatoms. The van der Waals surface area contributed by atoms with Crippen molar-refractivity contribution in [2.45, 2.75) is 39.2 Å². The fourth-order valence-electron chi connectivity index (χ4n) is 3.05. The molecular formula is C17H26N2O. The van der Waals surface area contributed by atoms with Gasteiger partial charge in [0.25, 0.3) is 0 Å². The van der Waals surface area contributed by atoms with Gasteiger partial charge in [0, 0.05) is 12.6 Å². The zero-order chi connectivity index (χ0) is 14.5. The van der Waals surface area contributed by atoms with Crippen LogP contribution in [0.2, 0.25) is 0 Å². The van der Waals surface area contributed by atoms with Gasteiger partial charge in [0.1, 0.15) is 0 Å². The Bertz CT molecular complexity index is 432. The lowest BCUT2D eigenvalue weighted by Crippen LogP contribution is -2.43. The van der Waals surface area contributed by atoms with Gasteiger partial charge in [-0.1, -0.05) is 44.2 Å². The fraction of sp³-hybridized carbons (Fsp3) is 0.588. The predicted octanol–water partition coefficient (Wildman–Crippen LogP) is 2.35. The van der Waals surface area contributed by atoms with Gasteiger partial charge in [-0.25, -0.2) is 0 Å². The highest BCUT2D eigenvalue weighted by Crippen LogP contribution is 2.31. The molecule has 0 radical (unpaired) electrons. The topological polar surface area (TPSA) is 55.1 Å². The van der Waals surface area contributed by atoms with Crippen LogP contribution in [0.25, 0.3) is 0 Å². The summed E-state index contributed by atoms with van der Waals surface area (Å²) in [6.45, 7) is 4.90. The molecule has 1 aliphatic carbocycles. The monoisotopic (exact) mass is 274 g/mol. The maximum absolute atomic E-state index is 12.4. The van der Waals surface area contributed by atoms with E-state index in [9.17, 15) is 4.79 Å². The Kier molecular flexibility index (Phi) is 5.18. The summed E-state index contributed by atoms with van der Waals surface area (Å²) < 4.78 is 0. The third kappa shape index (κ3) is 3.60. The molecule has 4 unspecified atom stereocenters. The van der Waals surface area contributed by atoms with Gasteiger partial charge < -0.3 is 11.1 Å². The minimum atomic E-state index is -0.125. The maximum atomic E-state index is 12.4. The van der Waals surface area contributed by atoms with Crippen LogP contribution in [0.4, 0.5) is 0 Å². The Labute approximate surface area is 121 Å². The molecule has 1 aromatic rings. The molecule has 3 N–H and O–H groups in total. The van der Waals surface area contributed by atoms with E-state index in [1.165, 1.54) is 12.0 Å². The molecular weight excluding hydrogens is 248 g/mol. The molecule has 1 aliphatic rings. The average Bonchev–Trinajstić information content (AvgIpc) is 2.77. The molecule has 0 heterocycles. The van der Waals surface area contributed by atoms with Gasteiger partial charge in [-0.05, 0) is 36.7 Å². The van der Waals surface area contributed by atoms with Crippen molar-refractivity contribution in [2.75, 3.05) is 6.54 Å². The second kappa shape index (κ2) is 6.89. The highest BCUT2D eigenvalue weighted by atomic mass is 16.2. The first-order chi connectivity index (χ1) is 9.61. The van der Waals surface area contributed by atoms with Crippen LogP contribution in [0, 0.1) is 17.8 Å². The van der Waals surface area contributed by atoms with Gasteiger partial charge >= 0.3 is 0 Å². The third-order valence-electron chi connectivity index (χ3n) is 4.77. The summed E-state index contributed by atoms with van der Waals surface area (Å²) in [5, 5.41) is 3.21. The Morgan fingerprint density at radius 3 is 2.55 bits per heavy atom. The molecule has 1 aromatic carbocycles. The van der Waals surface area contributed by atoms with E-state index in [2.05, 4.69) is 31.3 Å². The van der Waals surface area contributed by atoms with Crippen LogP contribution < -0.4 is 11.1 Å². The zero-order valence-electron chi connectivity index (χ0n) is 12.5. The van der Waals surface area contributed by atoms with E-state index in [1.807, 2.05) is 18.2 Å². The van der Waals surface area contributed by atoms with E-state index in [1.54, 1.807) is 0 Å². The molecule has 1 saturated carbocycles. The molecule has 0 aliphatic heterocycles. The van der Waals surface area contributed by atoms with Crippen molar-refractivity contribution in [1.82, 2.24) is 5.32 Å². The zero-order valence-corrected chi connectivity index (χ0v) is 12.5. The smallest absolute Gasteiger partial charge is 0.224 e. The molecule has 2 rings (SSSR count). The van der Waals surface area contributed by atoms with Crippen LogP contribution in [-0.2, 0) is 11.2 Å². The number of benzene rings is 1. The Hall–Kier alpha value is -1.35. The summed E-state index contributed by atoms with van der Waals surface area (Å²) in [6, 6.07) is 10.4. The van der Waals surface area contributed by atoms with Gasteiger partial charge in [0.05, 0.1) is 5.92 Å². The highest BCUT2D eigenvalue weighted by Gasteiger charge is 2.32. The van der Waals surface area contributed by atoms with E-state index < -0.39 is 0 Å². The largest absolute Gasteiger partial charge is 0.353 e. The molecule has 1 amide bonds. The standard InChI is InChI=1S/C17H26N2O/c1-12-8-9-16(13(12)2)19-17(20)15(11-18)10-14-6-4-3-5-7-14/h3-7,12-13,15-16H,8-11,18H2,1-2H3,(H,19,20). The van der Waals surface area contributed by atoms with Crippen molar-refractivity contribution in [3.8, 4) is 0 Å². The minimum Gasteiger partial charge on any atom is -0.353 e. The molecule has 110 valence electrons. The number of amides is 1. The van der Waals surface area contributed by atoms with E-state index in [0.717, 1.165) is 12.8 Å². The first kappa shape index (κ1) is 15.0. The molecule has 4 atom stereocenters. The van der Waals surface area contributed by atoms with Crippen molar-refractivity contribution < 1.29 is 4.79 Å². The summed E-state index contributed by atoms with van der Waals surface area (Å²) in [6.07, 6.45) is 3.02. The lowest BCUT2D eigenvalue weighted by Gasteiger charge is -2.23. The molecule has 0 aromatic heterocycles. The van der Waals surface area contributed by atoms with Crippen LogP contribution >= 0.6 is 0 Å². The first-order valence-electron chi connectivity index (χ1n) is 7.66. The molecule has 3 nitrogen and oxygen atoms in total. The van der Waals surface area contributed by atoms with E-state index >= 15 is 0 Å². The molecule has 0 bridgehead atoms. The second-order valence-electron chi connectivity index (χ2n) is 6.15. The number of hydrogen-bond donors (Lipinski definition) is 2. The normalized spacial score (nSPS) is 27.2. The van der Waals surface area contributed by atoms with E-state index in [0.29, 0.717) is 24.4 Å². The SMILES string of the molecule is CC1CCC(NC(=O)C(CN)Cc2ccccc2)C1C. The van der Waals surface area contributed by atoms with Gasteiger partial charge in [0.15, 0.2) is 0 Å². The summed E-state index contributed by atoms with van der Waals surface area (Å²) in [5.74, 6) is 1.25. The lowest BCUT2D eigenvalue weighted by molar-refractivity contribution is -0.125. The van der Waals surface area contributed by atoms with Gasteiger partial charge in [-0.3, -0.25) is 4.79 Å². The molecule has 1 fully saturated rings. The summed E-state index contributed by atoms with van der Waals surface area (Å²) >= 11 is 0. The number of hydrogen-bond acceptors (Lipinski definition) is 2. The summed E-state index contributed by atoms with van der Waals surface area (Å²) in [7, 11) is 0. The molecule has 0 spiro atoms. The third-order valence-corrected chi connectivity index (χ3v) is 4.77. The predicted molar refractivity (Wildman–Crippen MR) is 82.2 cm³/mol. The number of rotatable bonds is 5. The average molecular weight is 274 g/mol. The minimum absolute atomic E-state index is 0.113. The number of nitrogens with one attached hydrogen (secondary N) is 1.